The van der Waals surface area contributed by atoms with Crippen LogP contribution in [0.4, 0.5) is 0 Å². The summed E-state index contributed by atoms with van der Waals surface area (Å²) < 4.78 is 5.21. The van der Waals surface area contributed by atoms with Gasteiger partial charge in [0.1, 0.15) is 11.5 Å². The molecule has 0 radical (unpaired) electrons. The Labute approximate surface area is 128 Å². The summed E-state index contributed by atoms with van der Waals surface area (Å²) in [6.07, 6.45) is 0.773. The second-order valence-electron chi connectivity index (χ2n) is 4.22. The molecule has 0 aromatic heterocycles. The second kappa shape index (κ2) is 9.28. The molecule has 0 saturated carbocycles. The highest BCUT2D eigenvalue weighted by molar-refractivity contribution is 5.79. The topological polar surface area (TPSA) is 116 Å². The highest BCUT2D eigenvalue weighted by Crippen LogP contribution is 2.15. The van der Waals surface area contributed by atoms with Crippen molar-refractivity contribution in [2.75, 3.05) is 6.54 Å². The summed E-state index contributed by atoms with van der Waals surface area (Å²) in [5.74, 6) is 0.503. The Morgan fingerprint density at radius 3 is 2.05 bits per heavy atom. The molecule has 0 spiro atoms. The number of aromatic hydroxyl groups is 1. The second-order valence-corrected chi connectivity index (χ2v) is 4.22. The van der Waals surface area contributed by atoms with E-state index in [1.165, 1.54) is 6.07 Å². The number of phenolic OH excluding ortho intramolecular Hbond substituents is 1. The van der Waals surface area contributed by atoms with Crippen molar-refractivity contribution in [1.29, 1.82) is 0 Å². The van der Waals surface area contributed by atoms with E-state index in [0.29, 0.717) is 23.2 Å². The maximum absolute atomic E-state index is 10.5. The summed E-state index contributed by atoms with van der Waals surface area (Å²) in [5.41, 5.74) is 11.5. The molecular weight excluding hydrogens is 284 g/mol. The van der Waals surface area contributed by atoms with Crippen LogP contribution in [0.3, 0.4) is 0 Å². The van der Waals surface area contributed by atoms with Gasteiger partial charge in [-0.2, -0.15) is 0 Å². The molecule has 2 aromatic carbocycles. The highest BCUT2D eigenvalue weighted by Gasteiger charge is 2.05. The molecule has 0 saturated heterocycles. The number of benzene rings is 2. The van der Waals surface area contributed by atoms with Crippen LogP contribution in [0.2, 0.25) is 0 Å². The largest absolute Gasteiger partial charge is 0.507 e. The van der Waals surface area contributed by atoms with E-state index in [1.54, 1.807) is 42.5 Å². The smallest absolute Gasteiger partial charge is 0.160 e. The van der Waals surface area contributed by atoms with Gasteiger partial charge in [0.05, 0.1) is 11.1 Å². The third kappa shape index (κ3) is 5.35. The number of carbonyl (C=O) groups excluding carboxylic acids is 2. The fraction of sp³-hybridized carbons (Fsp3) is 0.125. The molecule has 6 nitrogen and oxygen atoms in total. The zero-order valence-corrected chi connectivity index (χ0v) is 11.9. The van der Waals surface area contributed by atoms with E-state index in [2.05, 4.69) is 0 Å². The Balaban J connectivity index is 0.000000235. The number of carbonyl (C=O) groups is 2. The molecule has 5 N–H and O–H groups in total. The van der Waals surface area contributed by atoms with Crippen LogP contribution in [0.1, 0.15) is 20.7 Å². The lowest BCUT2D eigenvalue weighted by Crippen LogP contribution is -2.35. The lowest BCUT2D eigenvalue weighted by molar-refractivity contribution is 0.111. The highest BCUT2D eigenvalue weighted by atomic mass is 16.5. The van der Waals surface area contributed by atoms with Gasteiger partial charge in [-0.3, -0.25) is 15.3 Å². The number of nitrogens with two attached hydrogens (primary N) is 2. The van der Waals surface area contributed by atoms with Gasteiger partial charge in [0.2, 0.25) is 0 Å². The predicted molar refractivity (Wildman–Crippen MR) is 83.0 cm³/mol. The lowest BCUT2D eigenvalue weighted by Gasteiger charge is -2.13. The number of rotatable bonds is 5. The minimum absolute atomic E-state index is 0.0347. The molecular formula is C16H18N2O4. The zero-order chi connectivity index (χ0) is 16.4. The van der Waals surface area contributed by atoms with E-state index in [4.69, 9.17) is 21.3 Å². The summed E-state index contributed by atoms with van der Waals surface area (Å²) in [6.45, 7) is 0.215. The van der Waals surface area contributed by atoms with E-state index in [9.17, 15) is 9.59 Å². The summed E-state index contributed by atoms with van der Waals surface area (Å²) in [4.78, 5) is 20.6. The fourth-order valence-electron chi connectivity index (χ4n) is 1.48. The Morgan fingerprint density at radius 1 is 1.00 bits per heavy atom. The van der Waals surface area contributed by atoms with Gasteiger partial charge in [0.25, 0.3) is 0 Å². The standard InChI is InChI=1S/C9H12N2O2.C7H6O2/c10-5-9(11)13-8-4-2-1-3-7(8)6-12;8-5-6-3-1-2-4-7(6)9/h1-4,6,9H,5,10-11H2;1-5,9H. The van der Waals surface area contributed by atoms with E-state index in [1.807, 2.05) is 0 Å². The van der Waals surface area contributed by atoms with Crippen molar-refractivity contribution < 1.29 is 19.4 Å². The van der Waals surface area contributed by atoms with Crippen molar-refractivity contribution in [1.82, 2.24) is 0 Å². The SMILES string of the molecule is NCC(N)Oc1ccccc1C=O.O=Cc1ccccc1O. The van der Waals surface area contributed by atoms with Crippen LogP contribution in [-0.2, 0) is 0 Å². The van der Waals surface area contributed by atoms with Gasteiger partial charge < -0.3 is 15.6 Å². The van der Waals surface area contributed by atoms with E-state index >= 15 is 0 Å². The molecule has 2 aromatic rings. The molecule has 0 aliphatic rings. The first-order valence-corrected chi connectivity index (χ1v) is 6.52. The minimum atomic E-state index is -0.568. The Morgan fingerprint density at radius 2 is 1.55 bits per heavy atom. The van der Waals surface area contributed by atoms with Crippen molar-refractivity contribution in [3.05, 3.63) is 59.7 Å². The molecule has 0 aliphatic carbocycles. The maximum atomic E-state index is 10.5. The molecule has 0 bridgehead atoms. The van der Waals surface area contributed by atoms with E-state index in [-0.39, 0.29) is 12.3 Å². The first-order valence-electron chi connectivity index (χ1n) is 6.52. The van der Waals surface area contributed by atoms with Crippen molar-refractivity contribution in [2.24, 2.45) is 11.5 Å². The third-order valence-corrected chi connectivity index (χ3v) is 2.62. The van der Waals surface area contributed by atoms with Crippen LogP contribution in [0.25, 0.3) is 0 Å². The third-order valence-electron chi connectivity index (χ3n) is 2.62. The van der Waals surface area contributed by atoms with E-state index in [0.717, 1.165) is 6.29 Å². The maximum Gasteiger partial charge on any atom is 0.160 e. The van der Waals surface area contributed by atoms with Crippen LogP contribution in [0.15, 0.2) is 48.5 Å². The summed E-state index contributed by atoms with van der Waals surface area (Å²) in [7, 11) is 0. The van der Waals surface area contributed by atoms with Crippen molar-refractivity contribution in [3.8, 4) is 11.5 Å². The van der Waals surface area contributed by atoms with Gasteiger partial charge >= 0.3 is 0 Å². The number of para-hydroxylation sites is 2. The van der Waals surface area contributed by atoms with Crippen LogP contribution in [-0.4, -0.2) is 30.5 Å². The predicted octanol–water partition coefficient (Wildman–Crippen LogP) is 1.33. The summed E-state index contributed by atoms with van der Waals surface area (Å²) in [6, 6.07) is 13.3. The van der Waals surface area contributed by atoms with Gasteiger partial charge in [-0.05, 0) is 24.3 Å². The van der Waals surface area contributed by atoms with Gasteiger partial charge in [-0.1, -0.05) is 24.3 Å². The quantitative estimate of drug-likeness (QED) is 0.567. The molecule has 116 valence electrons. The van der Waals surface area contributed by atoms with Crippen LogP contribution in [0.5, 0.6) is 11.5 Å². The first-order chi connectivity index (χ1) is 10.6. The summed E-state index contributed by atoms with van der Waals surface area (Å²) >= 11 is 0. The van der Waals surface area contributed by atoms with Crippen molar-refractivity contribution in [2.45, 2.75) is 6.23 Å². The van der Waals surface area contributed by atoms with Gasteiger partial charge in [0.15, 0.2) is 18.8 Å². The Hall–Kier alpha value is -2.70. The number of phenols is 1. The average Bonchev–Trinajstić information content (AvgIpc) is 2.56. The molecule has 1 unspecified atom stereocenters. The fourth-order valence-corrected chi connectivity index (χ4v) is 1.48. The van der Waals surface area contributed by atoms with Crippen LogP contribution in [0, 0.1) is 0 Å². The van der Waals surface area contributed by atoms with Crippen molar-refractivity contribution in [3.63, 3.8) is 0 Å². The molecule has 0 amide bonds. The zero-order valence-electron chi connectivity index (χ0n) is 11.9. The molecule has 1 atom stereocenters. The molecule has 0 heterocycles. The Bertz CT molecular complexity index is 617. The molecule has 0 aliphatic heterocycles. The normalized spacial score (nSPS) is 10.8. The van der Waals surface area contributed by atoms with Crippen molar-refractivity contribution >= 4 is 12.6 Å². The first kappa shape index (κ1) is 17.4. The van der Waals surface area contributed by atoms with Gasteiger partial charge in [-0.15, -0.1) is 0 Å². The van der Waals surface area contributed by atoms with Crippen LogP contribution < -0.4 is 16.2 Å². The summed E-state index contributed by atoms with van der Waals surface area (Å²) in [5, 5.41) is 8.88. The van der Waals surface area contributed by atoms with Gasteiger partial charge in [0, 0.05) is 6.54 Å². The monoisotopic (exact) mass is 302 g/mol. The van der Waals surface area contributed by atoms with Crippen LogP contribution >= 0.6 is 0 Å². The minimum Gasteiger partial charge on any atom is -0.507 e. The number of aldehydes is 2. The number of ether oxygens (including phenoxy) is 1. The molecule has 6 heteroatoms. The number of hydrogen-bond donors (Lipinski definition) is 3. The van der Waals surface area contributed by atoms with Gasteiger partial charge in [-0.25, -0.2) is 0 Å². The van der Waals surface area contributed by atoms with E-state index < -0.39 is 6.23 Å². The Kier molecular flexibility index (Phi) is 7.32. The molecule has 0 fully saturated rings. The number of hydrogen-bond acceptors (Lipinski definition) is 6. The average molecular weight is 302 g/mol. The lowest BCUT2D eigenvalue weighted by atomic mass is 10.2. The molecule has 22 heavy (non-hydrogen) atoms. The molecule has 2 rings (SSSR count).